The van der Waals surface area contributed by atoms with Crippen molar-refractivity contribution in [2.75, 3.05) is 6.61 Å². The fourth-order valence-electron chi connectivity index (χ4n) is 5.19. The Morgan fingerprint density at radius 1 is 1.03 bits per heavy atom. The van der Waals surface area contributed by atoms with Gasteiger partial charge in [-0.25, -0.2) is 4.79 Å². The Morgan fingerprint density at radius 3 is 2.09 bits per heavy atom. The van der Waals surface area contributed by atoms with Gasteiger partial charge in [0.25, 0.3) is 0 Å². The molecular formula is C28H34N2O5. The maximum absolute atomic E-state index is 13.2. The van der Waals surface area contributed by atoms with Gasteiger partial charge in [0.1, 0.15) is 12.6 Å². The molecular weight excluding hydrogens is 444 g/mol. The molecule has 2 aromatic carbocycles. The molecule has 3 N–H and O–H groups in total. The summed E-state index contributed by atoms with van der Waals surface area (Å²) in [6.45, 7) is 6.13. The molecule has 0 spiro atoms. The number of fused-ring (bicyclic) bond motifs is 3. The Kier molecular flexibility index (Phi) is 6.88. The molecule has 0 radical (unpaired) electrons. The summed E-state index contributed by atoms with van der Waals surface area (Å²) in [6, 6.07) is 15.4. The first-order valence-corrected chi connectivity index (χ1v) is 12.2. The third-order valence-electron chi connectivity index (χ3n) is 6.96. The zero-order chi connectivity index (χ0) is 25.2. The fourth-order valence-corrected chi connectivity index (χ4v) is 5.19. The smallest absolute Gasteiger partial charge is 0.407 e. The molecule has 35 heavy (non-hydrogen) atoms. The summed E-state index contributed by atoms with van der Waals surface area (Å²) in [5.41, 5.74) is 3.55. The maximum Gasteiger partial charge on any atom is 0.407 e. The molecule has 2 amide bonds. The summed E-state index contributed by atoms with van der Waals surface area (Å²) in [5.74, 6) is -1.38. The van der Waals surface area contributed by atoms with E-state index in [2.05, 4.69) is 34.9 Å². The van der Waals surface area contributed by atoms with Crippen LogP contribution in [0.25, 0.3) is 11.1 Å². The molecule has 1 saturated carbocycles. The largest absolute Gasteiger partial charge is 0.481 e. The topological polar surface area (TPSA) is 105 Å². The number of carboxylic acid groups (broad SMARTS) is 1. The molecule has 1 unspecified atom stereocenters. The molecule has 4 rings (SSSR count). The van der Waals surface area contributed by atoms with E-state index in [0.717, 1.165) is 28.7 Å². The third-order valence-corrected chi connectivity index (χ3v) is 6.96. The number of hydrogen-bond acceptors (Lipinski definition) is 4. The Balaban J connectivity index is 1.43. The van der Waals surface area contributed by atoms with Gasteiger partial charge in [0, 0.05) is 5.92 Å². The standard InChI is InChI=1S/C28H34N2O5/c1-27(2,3)15-23(25(33)30-28(13-8-14-28)16-24(31)32)29-26(34)35-17-22-20-11-6-4-9-18(20)19-10-5-7-12-21(19)22/h4-7,9-12,22-23H,8,13-17H2,1-3H3,(H,29,34)(H,30,33)(H,31,32). The quantitative estimate of drug-likeness (QED) is 0.503. The number of amides is 2. The summed E-state index contributed by atoms with van der Waals surface area (Å²) in [7, 11) is 0. The van der Waals surface area contributed by atoms with Gasteiger partial charge in [0.2, 0.25) is 5.91 Å². The number of carbonyl (C=O) groups is 3. The van der Waals surface area contributed by atoms with Crippen molar-refractivity contribution in [2.45, 2.75) is 70.4 Å². The van der Waals surface area contributed by atoms with Crippen LogP contribution in [-0.4, -0.2) is 41.3 Å². The molecule has 7 nitrogen and oxygen atoms in total. The van der Waals surface area contributed by atoms with Crippen LogP contribution in [0.3, 0.4) is 0 Å². The number of nitrogens with one attached hydrogen (secondary N) is 2. The van der Waals surface area contributed by atoms with Gasteiger partial charge in [-0.3, -0.25) is 9.59 Å². The molecule has 2 aliphatic rings. The zero-order valence-electron chi connectivity index (χ0n) is 20.6. The predicted molar refractivity (Wildman–Crippen MR) is 133 cm³/mol. The van der Waals surface area contributed by atoms with E-state index in [1.54, 1.807) is 0 Å². The van der Waals surface area contributed by atoms with E-state index in [4.69, 9.17) is 4.74 Å². The van der Waals surface area contributed by atoms with Crippen LogP contribution in [-0.2, 0) is 14.3 Å². The van der Waals surface area contributed by atoms with E-state index >= 15 is 0 Å². The lowest BCUT2D eigenvalue weighted by Gasteiger charge is -2.42. The summed E-state index contributed by atoms with van der Waals surface area (Å²) in [6.07, 6.45) is 1.74. The highest BCUT2D eigenvalue weighted by Crippen LogP contribution is 2.44. The minimum Gasteiger partial charge on any atom is -0.481 e. The lowest BCUT2D eigenvalue weighted by molar-refractivity contribution is -0.140. The van der Waals surface area contributed by atoms with Crippen LogP contribution in [0.15, 0.2) is 48.5 Å². The van der Waals surface area contributed by atoms with Gasteiger partial charge in [-0.2, -0.15) is 0 Å². The van der Waals surface area contributed by atoms with Gasteiger partial charge in [-0.05, 0) is 53.4 Å². The summed E-state index contributed by atoms with van der Waals surface area (Å²) in [4.78, 5) is 37.3. The molecule has 0 saturated heterocycles. The minimum atomic E-state index is -0.943. The van der Waals surface area contributed by atoms with E-state index < -0.39 is 23.6 Å². The molecule has 7 heteroatoms. The first-order valence-electron chi connectivity index (χ1n) is 12.2. The van der Waals surface area contributed by atoms with E-state index in [1.807, 2.05) is 45.0 Å². The van der Waals surface area contributed by atoms with Crippen LogP contribution in [0.2, 0.25) is 0 Å². The monoisotopic (exact) mass is 478 g/mol. The van der Waals surface area contributed by atoms with Crippen molar-refractivity contribution in [3.05, 3.63) is 59.7 Å². The molecule has 0 bridgehead atoms. The molecule has 186 valence electrons. The number of rotatable bonds is 8. The van der Waals surface area contributed by atoms with Crippen LogP contribution in [0, 0.1) is 5.41 Å². The second-order valence-electron chi connectivity index (χ2n) is 11.0. The van der Waals surface area contributed by atoms with Crippen LogP contribution < -0.4 is 10.6 Å². The van der Waals surface area contributed by atoms with E-state index in [0.29, 0.717) is 19.3 Å². The molecule has 0 aromatic heterocycles. The summed E-state index contributed by atoms with van der Waals surface area (Å²) >= 11 is 0. The number of carboxylic acids is 1. The van der Waals surface area contributed by atoms with Gasteiger partial charge in [-0.1, -0.05) is 69.3 Å². The Bertz CT molecular complexity index is 1070. The normalized spacial score (nSPS) is 16.9. The highest BCUT2D eigenvalue weighted by atomic mass is 16.5. The number of carbonyl (C=O) groups excluding carboxylic acids is 2. The van der Waals surface area contributed by atoms with Crippen LogP contribution in [0.1, 0.15) is 69.9 Å². The molecule has 0 heterocycles. The maximum atomic E-state index is 13.2. The first kappa shape index (κ1) is 24.8. The number of hydrogen-bond donors (Lipinski definition) is 3. The SMILES string of the molecule is CC(C)(C)CC(NC(=O)OCC1c2ccccc2-c2ccccc21)C(=O)NC1(CC(=O)O)CCC1. The van der Waals surface area contributed by atoms with Crippen LogP contribution in [0.5, 0.6) is 0 Å². The zero-order valence-corrected chi connectivity index (χ0v) is 20.6. The number of ether oxygens (including phenoxy) is 1. The van der Waals surface area contributed by atoms with Gasteiger partial charge < -0.3 is 20.5 Å². The average molecular weight is 479 g/mol. The second kappa shape index (κ2) is 9.72. The van der Waals surface area contributed by atoms with Crippen molar-refractivity contribution in [2.24, 2.45) is 5.41 Å². The van der Waals surface area contributed by atoms with E-state index in [-0.39, 0.29) is 30.3 Å². The highest BCUT2D eigenvalue weighted by molar-refractivity contribution is 5.87. The van der Waals surface area contributed by atoms with Gasteiger partial charge >= 0.3 is 12.1 Å². The van der Waals surface area contributed by atoms with Crippen molar-refractivity contribution >= 4 is 18.0 Å². The van der Waals surface area contributed by atoms with Gasteiger partial charge in [-0.15, -0.1) is 0 Å². The Morgan fingerprint density at radius 2 is 1.60 bits per heavy atom. The molecule has 2 aliphatic carbocycles. The second-order valence-corrected chi connectivity index (χ2v) is 11.0. The Hall–Kier alpha value is -3.35. The predicted octanol–water partition coefficient (Wildman–Crippen LogP) is 4.84. The van der Waals surface area contributed by atoms with E-state index in [9.17, 15) is 19.5 Å². The van der Waals surface area contributed by atoms with Crippen LogP contribution in [0.4, 0.5) is 4.79 Å². The molecule has 0 aliphatic heterocycles. The van der Waals surface area contributed by atoms with Crippen molar-refractivity contribution in [1.82, 2.24) is 10.6 Å². The van der Waals surface area contributed by atoms with E-state index in [1.165, 1.54) is 0 Å². The summed E-state index contributed by atoms with van der Waals surface area (Å²) in [5, 5.41) is 14.9. The van der Waals surface area contributed by atoms with Crippen molar-refractivity contribution in [1.29, 1.82) is 0 Å². The van der Waals surface area contributed by atoms with Crippen molar-refractivity contribution in [3.63, 3.8) is 0 Å². The minimum absolute atomic E-state index is 0.0724. The summed E-state index contributed by atoms with van der Waals surface area (Å²) < 4.78 is 5.65. The molecule has 2 aromatic rings. The van der Waals surface area contributed by atoms with Gasteiger partial charge in [0.05, 0.1) is 12.0 Å². The number of benzene rings is 2. The number of aliphatic carboxylic acids is 1. The average Bonchev–Trinajstić information content (AvgIpc) is 3.08. The van der Waals surface area contributed by atoms with Crippen molar-refractivity contribution in [3.8, 4) is 11.1 Å². The lowest BCUT2D eigenvalue weighted by atomic mass is 9.74. The third kappa shape index (κ3) is 5.66. The van der Waals surface area contributed by atoms with Crippen molar-refractivity contribution < 1.29 is 24.2 Å². The molecule has 1 fully saturated rings. The first-order chi connectivity index (χ1) is 16.6. The highest BCUT2D eigenvalue weighted by Gasteiger charge is 2.42. The van der Waals surface area contributed by atoms with Gasteiger partial charge in [0.15, 0.2) is 0 Å². The number of alkyl carbamates (subject to hydrolysis) is 1. The Labute approximate surface area is 206 Å². The van der Waals surface area contributed by atoms with Crippen LogP contribution >= 0.6 is 0 Å². The lowest BCUT2D eigenvalue weighted by Crippen LogP contribution is -2.60. The fraction of sp³-hybridized carbons (Fsp3) is 0.464. The molecule has 1 atom stereocenters.